The Bertz CT molecular complexity index is 1430. The van der Waals surface area contributed by atoms with Gasteiger partial charge in [0, 0.05) is 29.8 Å². The smallest absolute Gasteiger partial charge is 0.245 e. The molecule has 0 spiro atoms. The Morgan fingerprint density at radius 3 is 2.11 bits per heavy atom. The molecule has 0 saturated carbocycles. The lowest BCUT2D eigenvalue weighted by Crippen LogP contribution is -2.37. The number of benzene rings is 3. The van der Waals surface area contributed by atoms with Crippen LogP contribution >= 0.6 is 23.4 Å². The van der Waals surface area contributed by atoms with Gasteiger partial charge in [-0.2, -0.15) is 0 Å². The van der Waals surface area contributed by atoms with E-state index in [0.717, 1.165) is 25.3 Å². The summed E-state index contributed by atoms with van der Waals surface area (Å²) in [7, 11) is -4.70. The van der Waals surface area contributed by atoms with Gasteiger partial charge in [-0.3, -0.25) is 9.10 Å². The minimum atomic E-state index is -3.83. The maximum Gasteiger partial charge on any atom is 0.245 e. The predicted octanol–water partition coefficient (Wildman–Crippen LogP) is 4.29. The highest BCUT2D eigenvalue weighted by Crippen LogP contribution is 2.30. The van der Waals surface area contributed by atoms with Crippen molar-refractivity contribution < 1.29 is 21.6 Å². The minimum absolute atomic E-state index is 0.0146. The normalized spacial score (nSPS) is 11.9. The first kappa shape index (κ1) is 28.0. The van der Waals surface area contributed by atoms with Gasteiger partial charge in [0.2, 0.25) is 26.0 Å². The maximum atomic E-state index is 12.9. The lowest BCUT2D eigenvalue weighted by atomic mass is 10.2. The highest BCUT2D eigenvalue weighted by molar-refractivity contribution is 7.98. The van der Waals surface area contributed by atoms with Gasteiger partial charge in [-0.05, 0) is 54.1 Å². The summed E-state index contributed by atoms with van der Waals surface area (Å²) >= 11 is 7.46. The van der Waals surface area contributed by atoms with Gasteiger partial charge in [-0.1, -0.05) is 35.9 Å². The first-order chi connectivity index (χ1) is 16.9. The van der Waals surface area contributed by atoms with Crippen LogP contribution in [0, 0.1) is 0 Å². The van der Waals surface area contributed by atoms with Gasteiger partial charge in [0.15, 0.2) is 0 Å². The van der Waals surface area contributed by atoms with Crippen LogP contribution in [0.4, 0.5) is 11.4 Å². The summed E-state index contributed by atoms with van der Waals surface area (Å²) in [5.41, 5.74) is 1.80. The molecule has 8 nitrogen and oxygen atoms in total. The Hall–Kier alpha value is -2.57. The van der Waals surface area contributed by atoms with Gasteiger partial charge in [-0.25, -0.2) is 21.1 Å². The summed E-state index contributed by atoms with van der Waals surface area (Å²) in [5, 5.41) is 3.44. The maximum absolute atomic E-state index is 12.9. The molecule has 3 rings (SSSR count). The topological polar surface area (TPSA) is 104 Å². The summed E-state index contributed by atoms with van der Waals surface area (Å²) in [5.74, 6) is 0.117. The summed E-state index contributed by atoms with van der Waals surface area (Å²) < 4.78 is 51.5. The number of hydrogen-bond donors (Lipinski definition) is 1. The van der Waals surface area contributed by atoms with E-state index in [1.165, 1.54) is 50.1 Å². The summed E-state index contributed by atoms with van der Waals surface area (Å²) in [4.78, 5) is 13.7. The van der Waals surface area contributed by atoms with E-state index < -0.39 is 32.5 Å². The van der Waals surface area contributed by atoms with Crippen LogP contribution < -0.4 is 9.62 Å². The number of halogens is 1. The van der Waals surface area contributed by atoms with Gasteiger partial charge < -0.3 is 5.32 Å². The molecule has 0 aliphatic carbocycles. The van der Waals surface area contributed by atoms with Gasteiger partial charge >= 0.3 is 0 Å². The van der Waals surface area contributed by atoms with Crippen molar-refractivity contribution in [3.8, 4) is 0 Å². The number of rotatable bonds is 10. The second kappa shape index (κ2) is 11.7. The highest BCUT2D eigenvalue weighted by atomic mass is 35.5. The van der Waals surface area contributed by atoms with E-state index in [0.29, 0.717) is 16.5 Å². The number of thioether (sulfide) groups is 1. The zero-order valence-corrected chi connectivity index (χ0v) is 23.1. The molecule has 0 saturated heterocycles. The van der Waals surface area contributed by atoms with Crippen LogP contribution in [0.3, 0.4) is 0 Å². The van der Waals surface area contributed by atoms with E-state index in [1.54, 1.807) is 12.1 Å². The molecular weight excluding hydrogens is 542 g/mol. The zero-order valence-electron chi connectivity index (χ0n) is 19.9. The quantitative estimate of drug-likeness (QED) is 0.367. The standard InChI is InChI=1S/C24H26ClN3O5S3/c1-27(2)36(32,33)21-14-12-20(13-15-21)28(35(3,30)31)16-24(29)26-22-6-4-5-7-23(22)34-17-18-8-10-19(25)11-9-18/h4-15H,16-17H2,1-3H3,(H,26,29). The van der Waals surface area contributed by atoms with Crippen molar-refractivity contribution in [3.63, 3.8) is 0 Å². The van der Waals surface area contributed by atoms with Gasteiger partial charge in [0.25, 0.3) is 0 Å². The van der Waals surface area contributed by atoms with Crippen LogP contribution in [0.2, 0.25) is 5.02 Å². The van der Waals surface area contributed by atoms with Crippen LogP contribution in [0.25, 0.3) is 0 Å². The highest BCUT2D eigenvalue weighted by Gasteiger charge is 2.23. The molecule has 0 unspecified atom stereocenters. The Morgan fingerprint density at radius 1 is 0.917 bits per heavy atom. The lowest BCUT2D eigenvalue weighted by Gasteiger charge is -2.22. The molecule has 12 heteroatoms. The first-order valence-corrected chi connectivity index (χ1v) is 15.3. The largest absolute Gasteiger partial charge is 0.323 e. The second-order valence-corrected chi connectivity index (χ2v) is 13.5. The molecule has 0 radical (unpaired) electrons. The molecule has 0 bridgehead atoms. The van der Waals surface area contributed by atoms with E-state index in [1.807, 2.05) is 36.4 Å². The number of para-hydroxylation sites is 1. The second-order valence-electron chi connectivity index (χ2n) is 8.01. The molecule has 0 aliphatic heterocycles. The monoisotopic (exact) mass is 567 g/mol. The third-order valence-corrected chi connectivity index (χ3v) is 9.43. The number of carbonyl (C=O) groups is 1. The van der Waals surface area contributed by atoms with E-state index in [-0.39, 0.29) is 10.6 Å². The Morgan fingerprint density at radius 2 is 1.53 bits per heavy atom. The molecular formula is C24H26ClN3O5S3. The fourth-order valence-corrected chi connectivity index (χ4v) is 6.00. The van der Waals surface area contributed by atoms with Crippen molar-refractivity contribution in [1.29, 1.82) is 0 Å². The lowest BCUT2D eigenvalue weighted by molar-refractivity contribution is -0.114. The van der Waals surface area contributed by atoms with Crippen LogP contribution in [-0.2, 0) is 30.6 Å². The number of hydrogen-bond acceptors (Lipinski definition) is 6. The van der Waals surface area contributed by atoms with Crippen molar-refractivity contribution in [3.05, 3.63) is 83.4 Å². The van der Waals surface area contributed by atoms with E-state index in [2.05, 4.69) is 5.32 Å². The van der Waals surface area contributed by atoms with Crippen molar-refractivity contribution in [1.82, 2.24) is 4.31 Å². The SMILES string of the molecule is CN(C)S(=O)(=O)c1ccc(N(CC(=O)Nc2ccccc2SCc2ccc(Cl)cc2)S(C)(=O)=O)cc1. The number of amides is 1. The van der Waals surface area contributed by atoms with Crippen molar-refractivity contribution in [2.45, 2.75) is 15.5 Å². The first-order valence-electron chi connectivity index (χ1n) is 10.6. The molecule has 192 valence electrons. The van der Waals surface area contributed by atoms with Gasteiger partial charge in [-0.15, -0.1) is 11.8 Å². The fraction of sp³-hybridized carbons (Fsp3) is 0.208. The van der Waals surface area contributed by atoms with Crippen molar-refractivity contribution >= 4 is 60.7 Å². The third kappa shape index (κ3) is 7.23. The van der Waals surface area contributed by atoms with Crippen LogP contribution in [0.15, 0.2) is 82.6 Å². The van der Waals surface area contributed by atoms with Gasteiger partial charge in [0.05, 0.1) is 22.5 Å². The van der Waals surface area contributed by atoms with Crippen molar-refractivity contribution in [2.24, 2.45) is 0 Å². The van der Waals surface area contributed by atoms with Crippen LogP contribution in [0.1, 0.15) is 5.56 Å². The fourth-order valence-electron chi connectivity index (χ4n) is 3.15. The van der Waals surface area contributed by atoms with E-state index in [4.69, 9.17) is 11.6 Å². The Balaban J connectivity index is 1.75. The molecule has 0 atom stereocenters. The summed E-state index contributed by atoms with van der Waals surface area (Å²) in [6, 6.07) is 20.1. The molecule has 0 aromatic heterocycles. The zero-order chi connectivity index (χ0) is 26.5. The van der Waals surface area contributed by atoms with Crippen molar-refractivity contribution in [2.75, 3.05) is 36.5 Å². The molecule has 0 aliphatic rings. The average molecular weight is 568 g/mol. The van der Waals surface area contributed by atoms with Crippen LogP contribution in [-0.4, -0.2) is 53.9 Å². The molecule has 36 heavy (non-hydrogen) atoms. The average Bonchev–Trinajstić information content (AvgIpc) is 2.82. The minimum Gasteiger partial charge on any atom is -0.323 e. The Labute approximate surface area is 221 Å². The van der Waals surface area contributed by atoms with E-state index >= 15 is 0 Å². The molecule has 0 fully saturated rings. The number of sulfonamides is 2. The van der Waals surface area contributed by atoms with Crippen LogP contribution in [0.5, 0.6) is 0 Å². The number of anilines is 2. The molecule has 1 N–H and O–H groups in total. The summed E-state index contributed by atoms with van der Waals surface area (Å²) in [6.07, 6.45) is 0.987. The Kier molecular flexibility index (Phi) is 9.07. The number of nitrogens with zero attached hydrogens (tertiary/aromatic N) is 2. The predicted molar refractivity (Wildman–Crippen MR) is 146 cm³/mol. The van der Waals surface area contributed by atoms with E-state index in [9.17, 15) is 21.6 Å². The number of nitrogens with one attached hydrogen (secondary N) is 1. The summed E-state index contributed by atoms with van der Waals surface area (Å²) in [6.45, 7) is -0.477. The molecule has 3 aromatic rings. The number of carbonyl (C=O) groups excluding carboxylic acids is 1. The molecule has 1 amide bonds. The van der Waals surface area contributed by atoms with Gasteiger partial charge in [0.1, 0.15) is 6.54 Å². The molecule has 3 aromatic carbocycles. The molecule has 0 heterocycles. The third-order valence-electron chi connectivity index (χ3n) is 5.06.